The maximum absolute atomic E-state index is 12.3. The Kier molecular flexibility index (Phi) is 3.93. The highest BCUT2D eigenvalue weighted by molar-refractivity contribution is 7.93. The van der Waals surface area contributed by atoms with E-state index in [1.807, 2.05) is 6.92 Å². The number of sulfonamides is 1. The van der Waals surface area contributed by atoms with E-state index in [4.69, 9.17) is 5.11 Å². The summed E-state index contributed by atoms with van der Waals surface area (Å²) in [6.45, 7) is 3.52. The Morgan fingerprint density at radius 2 is 1.90 bits per heavy atom. The number of hydrogen-bond acceptors (Lipinski definition) is 5. The number of carboxylic acids is 1. The van der Waals surface area contributed by atoms with Gasteiger partial charge in [0, 0.05) is 15.8 Å². The van der Waals surface area contributed by atoms with Crippen LogP contribution >= 0.6 is 11.3 Å². The van der Waals surface area contributed by atoms with E-state index in [-0.39, 0.29) is 16.1 Å². The number of carbonyl (C=O) groups is 1. The zero-order valence-electron chi connectivity index (χ0n) is 11.2. The molecule has 2 aromatic rings. The molecule has 0 saturated carbocycles. The van der Waals surface area contributed by atoms with Crippen LogP contribution < -0.4 is 4.72 Å². The van der Waals surface area contributed by atoms with Crippen molar-refractivity contribution in [3.8, 4) is 5.75 Å². The summed E-state index contributed by atoms with van der Waals surface area (Å²) in [5.41, 5.74) is -0.193. The summed E-state index contributed by atoms with van der Waals surface area (Å²) in [5, 5.41) is 18.4. The molecule has 3 N–H and O–H groups in total. The predicted octanol–water partition coefficient (Wildman–Crippen LogP) is 2.57. The van der Waals surface area contributed by atoms with Crippen LogP contribution in [-0.2, 0) is 10.0 Å². The molecule has 0 atom stereocenters. The van der Waals surface area contributed by atoms with Crippen molar-refractivity contribution in [1.82, 2.24) is 0 Å². The van der Waals surface area contributed by atoms with Gasteiger partial charge in [-0.1, -0.05) is 0 Å². The second-order valence-electron chi connectivity index (χ2n) is 4.42. The predicted molar refractivity (Wildman–Crippen MR) is 79.7 cm³/mol. The van der Waals surface area contributed by atoms with Crippen molar-refractivity contribution < 1.29 is 23.4 Å². The van der Waals surface area contributed by atoms with E-state index in [0.717, 1.165) is 17.0 Å². The Morgan fingerprint density at radius 3 is 2.38 bits per heavy atom. The van der Waals surface area contributed by atoms with E-state index < -0.39 is 21.7 Å². The van der Waals surface area contributed by atoms with Crippen molar-refractivity contribution in [3.05, 3.63) is 39.6 Å². The van der Waals surface area contributed by atoms with Gasteiger partial charge in [-0.15, -0.1) is 11.3 Å². The van der Waals surface area contributed by atoms with E-state index in [2.05, 4.69) is 4.72 Å². The molecule has 0 unspecified atom stereocenters. The molecule has 0 saturated heterocycles. The Bertz CT molecular complexity index is 808. The first kappa shape index (κ1) is 15.3. The second-order valence-corrected chi connectivity index (χ2v) is 7.53. The van der Waals surface area contributed by atoms with Crippen LogP contribution in [-0.4, -0.2) is 24.6 Å². The van der Waals surface area contributed by atoms with Crippen molar-refractivity contribution in [2.75, 3.05) is 4.72 Å². The van der Waals surface area contributed by atoms with Crippen LogP contribution in [0, 0.1) is 13.8 Å². The van der Waals surface area contributed by atoms with E-state index in [9.17, 15) is 18.3 Å². The zero-order chi connectivity index (χ0) is 15.8. The lowest BCUT2D eigenvalue weighted by molar-refractivity contribution is 0.0694. The molecule has 0 aliphatic heterocycles. The molecule has 1 heterocycles. The molecule has 0 fully saturated rings. The van der Waals surface area contributed by atoms with Crippen molar-refractivity contribution in [2.45, 2.75) is 18.7 Å². The average molecular weight is 327 g/mol. The van der Waals surface area contributed by atoms with Crippen LogP contribution in [0.3, 0.4) is 0 Å². The molecule has 0 aliphatic rings. The summed E-state index contributed by atoms with van der Waals surface area (Å²) < 4.78 is 26.8. The summed E-state index contributed by atoms with van der Waals surface area (Å²) in [5.74, 6) is -1.79. The fourth-order valence-electron chi connectivity index (χ4n) is 1.86. The highest BCUT2D eigenvalue weighted by Gasteiger charge is 2.20. The molecule has 6 nitrogen and oxygen atoms in total. The Hall–Kier alpha value is -2.06. The van der Waals surface area contributed by atoms with Gasteiger partial charge in [0.25, 0.3) is 10.0 Å². The smallest absolute Gasteiger partial charge is 0.339 e. The van der Waals surface area contributed by atoms with Gasteiger partial charge in [0.05, 0.1) is 5.69 Å². The van der Waals surface area contributed by atoms with Gasteiger partial charge in [0.2, 0.25) is 0 Å². The van der Waals surface area contributed by atoms with Gasteiger partial charge in [-0.05, 0) is 32.0 Å². The van der Waals surface area contributed by atoms with Gasteiger partial charge in [0.1, 0.15) is 16.2 Å². The summed E-state index contributed by atoms with van der Waals surface area (Å²) in [6.07, 6.45) is 0. The highest BCUT2D eigenvalue weighted by atomic mass is 32.2. The summed E-state index contributed by atoms with van der Waals surface area (Å²) >= 11 is 1.37. The number of aryl methyl sites for hydroxylation is 2. The molecule has 0 aliphatic carbocycles. The number of aromatic hydroxyl groups is 1. The van der Waals surface area contributed by atoms with Gasteiger partial charge in [0.15, 0.2) is 0 Å². The first-order valence-electron chi connectivity index (χ1n) is 5.87. The fourth-order valence-corrected chi connectivity index (χ4v) is 4.47. The standard InChI is InChI=1S/C13H13NO5S2/c1-7-5-12(8(2)20-7)21(18,19)14-9-3-4-10(13(16)17)11(15)6-9/h3-6,14-15H,1-2H3,(H,16,17). The van der Waals surface area contributed by atoms with E-state index in [0.29, 0.717) is 4.88 Å². The molecule has 0 amide bonds. The molecule has 21 heavy (non-hydrogen) atoms. The summed E-state index contributed by atoms with van der Waals surface area (Å²) in [4.78, 5) is 12.5. The van der Waals surface area contributed by atoms with Crippen molar-refractivity contribution >= 4 is 33.0 Å². The van der Waals surface area contributed by atoms with E-state index in [1.54, 1.807) is 13.0 Å². The molecule has 8 heteroatoms. The topological polar surface area (TPSA) is 104 Å². The number of hydrogen-bond donors (Lipinski definition) is 3. The van der Waals surface area contributed by atoms with Crippen molar-refractivity contribution in [2.24, 2.45) is 0 Å². The third-order valence-corrected chi connectivity index (χ3v) is 5.37. The molecule has 1 aromatic heterocycles. The van der Waals surface area contributed by atoms with Gasteiger partial charge in [-0.3, -0.25) is 4.72 Å². The summed E-state index contributed by atoms with van der Waals surface area (Å²) in [7, 11) is -3.77. The lowest BCUT2D eigenvalue weighted by Gasteiger charge is -2.09. The molecule has 1 aromatic carbocycles. The minimum Gasteiger partial charge on any atom is -0.507 e. The molecular weight excluding hydrogens is 314 g/mol. The van der Waals surface area contributed by atoms with Crippen LogP contribution in [0.1, 0.15) is 20.1 Å². The van der Waals surface area contributed by atoms with E-state index in [1.165, 1.54) is 17.4 Å². The Labute approximate surface area is 125 Å². The van der Waals surface area contributed by atoms with Gasteiger partial charge < -0.3 is 10.2 Å². The average Bonchev–Trinajstić information content (AvgIpc) is 2.68. The summed E-state index contributed by atoms with van der Waals surface area (Å²) in [6, 6.07) is 5.06. The third-order valence-electron chi connectivity index (χ3n) is 2.77. The minimum absolute atomic E-state index is 0.0979. The zero-order valence-corrected chi connectivity index (χ0v) is 12.9. The molecule has 0 radical (unpaired) electrons. The molecule has 112 valence electrons. The lowest BCUT2D eigenvalue weighted by Crippen LogP contribution is -2.13. The number of benzene rings is 1. The maximum atomic E-state index is 12.3. The molecule has 0 bridgehead atoms. The van der Waals surface area contributed by atoms with Crippen LogP contribution in [0.4, 0.5) is 5.69 Å². The molecule has 0 spiro atoms. The van der Waals surface area contributed by atoms with E-state index >= 15 is 0 Å². The molecule has 2 rings (SSSR count). The van der Waals surface area contributed by atoms with Gasteiger partial charge in [-0.2, -0.15) is 0 Å². The van der Waals surface area contributed by atoms with Gasteiger partial charge in [-0.25, -0.2) is 13.2 Å². The quantitative estimate of drug-likeness (QED) is 0.800. The van der Waals surface area contributed by atoms with Crippen molar-refractivity contribution in [1.29, 1.82) is 0 Å². The molecular formula is C13H13NO5S2. The Balaban J connectivity index is 2.35. The number of thiophene rings is 1. The van der Waals surface area contributed by atoms with Crippen LogP contribution in [0.25, 0.3) is 0 Å². The van der Waals surface area contributed by atoms with Crippen LogP contribution in [0.15, 0.2) is 29.2 Å². The number of aromatic carboxylic acids is 1. The monoisotopic (exact) mass is 327 g/mol. The second kappa shape index (κ2) is 5.38. The largest absolute Gasteiger partial charge is 0.507 e. The first-order chi connectivity index (χ1) is 9.70. The van der Waals surface area contributed by atoms with Crippen LogP contribution in [0.2, 0.25) is 0 Å². The van der Waals surface area contributed by atoms with Crippen LogP contribution in [0.5, 0.6) is 5.75 Å². The SMILES string of the molecule is Cc1cc(S(=O)(=O)Nc2ccc(C(=O)O)c(O)c2)c(C)s1. The number of rotatable bonds is 4. The fraction of sp³-hybridized carbons (Fsp3) is 0.154. The maximum Gasteiger partial charge on any atom is 0.339 e. The highest BCUT2D eigenvalue weighted by Crippen LogP contribution is 2.28. The minimum atomic E-state index is -3.77. The Morgan fingerprint density at radius 1 is 1.24 bits per heavy atom. The van der Waals surface area contributed by atoms with Gasteiger partial charge >= 0.3 is 5.97 Å². The lowest BCUT2D eigenvalue weighted by atomic mass is 10.2. The van der Waals surface area contributed by atoms with Crippen molar-refractivity contribution in [3.63, 3.8) is 0 Å². The third kappa shape index (κ3) is 3.17. The first-order valence-corrected chi connectivity index (χ1v) is 8.17. The number of anilines is 1. The number of carboxylic acid groups (broad SMARTS) is 1. The normalized spacial score (nSPS) is 11.3. The number of nitrogens with one attached hydrogen (secondary N) is 1. The number of phenols is 1.